The molecule has 4 aromatic rings. The number of hydrogen-bond acceptors (Lipinski definition) is 6. The normalized spacial score (nSPS) is 15.0. The molecule has 1 aliphatic heterocycles. The number of ketones is 2. The van der Waals surface area contributed by atoms with E-state index < -0.39 is 5.92 Å². The monoisotopic (exact) mass is 533 g/mol. The van der Waals surface area contributed by atoms with E-state index >= 15 is 0 Å². The summed E-state index contributed by atoms with van der Waals surface area (Å²) in [4.78, 5) is 50.5. The van der Waals surface area contributed by atoms with Crippen LogP contribution in [0.3, 0.4) is 0 Å². The molecule has 2 heterocycles. The van der Waals surface area contributed by atoms with Gasteiger partial charge in [-0.25, -0.2) is 4.98 Å². The number of benzene rings is 3. The highest BCUT2D eigenvalue weighted by Gasteiger charge is 2.32. The smallest absolute Gasteiger partial charge is 0.221 e. The standard InChI is InChI=1S/C32H31N5O3/c1-20(38)23-10-6-11-24(16-23)26-19-34-28(12-5-9-21-7-3-2-4-8-21)31(40)25(26)17-30(39)35-18-22-13-14-27-29(15-22)37-32(33)36-27/h2-4,6-8,10-11,13-16,19,25H,5,9,12,17-18H2,1H3,(H,35,39)(H3,33,36,37). The van der Waals surface area contributed by atoms with Crippen molar-refractivity contribution in [1.29, 1.82) is 0 Å². The zero-order valence-corrected chi connectivity index (χ0v) is 22.3. The second-order valence-corrected chi connectivity index (χ2v) is 10.0. The van der Waals surface area contributed by atoms with Crippen molar-refractivity contribution in [3.8, 4) is 0 Å². The minimum Gasteiger partial charge on any atom is -0.369 e. The summed E-state index contributed by atoms with van der Waals surface area (Å²) in [6.45, 7) is 1.80. The number of Topliss-reactive ketones (excluding diaryl/α,β-unsaturated/α-hetero) is 2. The summed E-state index contributed by atoms with van der Waals surface area (Å²) in [5.74, 6) is -0.826. The molecule has 8 nitrogen and oxygen atoms in total. The van der Waals surface area contributed by atoms with Gasteiger partial charge < -0.3 is 16.0 Å². The second-order valence-electron chi connectivity index (χ2n) is 10.0. The van der Waals surface area contributed by atoms with E-state index in [2.05, 4.69) is 32.4 Å². The fraction of sp³-hybridized carbons (Fsp3) is 0.219. The van der Waals surface area contributed by atoms with Crippen molar-refractivity contribution < 1.29 is 14.4 Å². The first kappa shape index (κ1) is 26.7. The number of H-pyrrole nitrogens is 1. The van der Waals surface area contributed by atoms with Crippen LogP contribution in [-0.4, -0.2) is 33.2 Å². The van der Waals surface area contributed by atoms with E-state index in [4.69, 9.17) is 5.73 Å². The van der Waals surface area contributed by atoms with Crippen LogP contribution in [0.5, 0.6) is 0 Å². The fourth-order valence-corrected chi connectivity index (χ4v) is 4.98. The van der Waals surface area contributed by atoms with Gasteiger partial charge in [-0.1, -0.05) is 54.6 Å². The number of aliphatic imine (C=N–C) groups is 1. The Bertz CT molecular complexity index is 1630. The fourth-order valence-electron chi connectivity index (χ4n) is 4.98. The number of carbonyl (C=O) groups excluding carboxylic acids is 3. The van der Waals surface area contributed by atoms with Crippen molar-refractivity contribution in [2.75, 3.05) is 5.73 Å². The highest BCUT2D eigenvalue weighted by atomic mass is 16.2. The SMILES string of the molecule is CC(=O)c1cccc(C2=CN=C(CCCc3ccccc3)C(=O)C2CC(=O)NCc2ccc3nc(N)[nH]c3c2)c1. The first-order valence-corrected chi connectivity index (χ1v) is 13.3. The van der Waals surface area contributed by atoms with Crippen LogP contribution in [0.25, 0.3) is 16.6 Å². The number of aryl methyl sites for hydroxylation is 1. The van der Waals surface area contributed by atoms with E-state index in [0.29, 0.717) is 41.3 Å². The maximum absolute atomic E-state index is 13.7. The number of anilines is 1. The highest BCUT2D eigenvalue weighted by molar-refractivity contribution is 6.43. The van der Waals surface area contributed by atoms with Crippen LogP contribution in [0.2, 0.25) is 0 Å². The van der Waals surface area contributed by atoms with Crippen molar-refractivity contribution in [2.24, 2.45) is 10.9 Å². The maximum Gasteiger partial charge on any atom is 0.221 e. The number of hydrogen-bond donors (Lipinski definition) is 3. The van der Waals surface area contributed by atoms with Crippen LogP contribution in [0.15, 0.2) is 84.0 Å². The molecule has 1 aromatic heterocycles. The third-order valence-corrected chi connectivity index (χ3v) is 7.10. The van der Waals surface area contributed by atoms with Crippen molar-refractivity contribution >= 4 is 45.7 Å². The van der Waals surface area contributed by atoms with Crippen LogP contribution in [0.4, 0.5) is 5.95 Å². The number of nitrogens with zero attached hydrogens (tertiary/aromatic N) is 2. The number of rotatable bonds is 10. The summed E-state index contributed by atoms with van der Waals surface area (Å²) in [7, 11) is 0. The first-order chi connectivity index (χ1) is 19.4. The zero-order chi connectivity index (χ0) is 28.1. The van der Waals surface area contributed by atoms with Gasteiger partial charge in [0, 0.05) is 24.7 Å². The molecule has 202 valence electrons. The highest BCUT2D eigenvalue weighted by Crippen LogP contribution is 2.32. The lowest BCUT2D eigenvalue weighted by atomic mass is 9.82. The van der Waals surface area contributed by atoms with E-state index in [0.717, 1.165) is 29.4 Å². The summed E-state index contributed by atoms with van der Waals surface area (Å²) in [6.07, 6.45) is 3.80. The van der Waals surface area contributed by atoms with Crippen molar-refractivity contribution in [2.45, 2.75) is 39.2 Å². The van der Waals surface area contributed by atoms with E-state index in [1.165, 1.54) is 12.5 Å². The molecule has 5 rings (SSSR count). The number of carbonyl (C=O) groups is 3. The quantitative estimate of drug-likeness (QED) is 0.245. The molecule has 0 spiro atoms. The molecule has 1 atom stereocenters. The number of imidazole rings is 1. The van der Waals surface area contributed by atoms with Crippen LogP contribution in [-0.2, 0) is 22.6 Å². The number of aromatic nitrogens is 2. The molecular weight excluding hydrogens is 502 g/mol. The van der Waals surface area contributed by atoms with Gasteiger partial charge in [0.1, 0.15) is 0 Å². The molecule has 0 saturated carbocycles. The summed E-state index contributed by atoms with van der Waals surface area (Å²) in [5, 5.41) is 2.94. The van der Waals surface area contributed by atoms with Gasteiger partial charge in [-0.3, -0.25) is 19.4 Å². The minimum atomic E-state index is -0.693. The number of nitrogens with two attached hydrogens (primary N) is 1. The largest absolute Gasteiger partial charge is 0.369 e. The Balaban J connectivity index is 1.32. The zero-order valence-electron chi connectivity index (χ0n) is 22.3. The summed E-state index contributed by atoms with van der Waals surface area (Å²) in [5.41, 5.74) is 11.7. The van der Waals surface area contributed by atoms with Gasteiger partial charge in [0.25, 0.3) is 0 Å². The third-order valence-electron chi connectivity index (χ3n) is 7.10. The molecule has 1 unspecified atom stereocenters. The van der Waals surface area contributed by atoms with Crippen LogP contribution < -0.4 is 11.1 Å². The first-order valence-electron chi connectivity index (χ1n) is 13.3. The van der Waals surface area contributed by atoms with Gasteiger partial charge in [-0.2, -0.15) is 0 Å². The van der Waals surface area contributed by atoms with Crippen LogP contribution in [0.1, 0.15) is 53.2 Å². The van der Waals surface area contributed by atoms with Gasteiger partial charge in [0.05, 0.1) is 22.7 Å². The average molecular weight is 534 g/mol. The van der Waals surface area contributed by atoms with Crippen LogP contribution >= 0.6 is 0 Å². The minimum absolute atomic E-state index is 0.0219. The van der Waals surface area contributed by atoms with E-state index in [9.17, 15) is 14.4 Å². The van der Waals surface area contributed by atoms with Crippen molar-refractivity contribution in [3.63, 3.8) is 0 Å². The Hall–Kier alpha value is -4.85. The predicted octanol–water partition coefficient (Wildman–Crippen LogP) is 5.06. The molecule has 0 radical (unpaired) electrons. The molecule has 0 aliphatic carbocycles. The Kier molecular flexibility index (Phi) is 7.96. The Morgan fingerprint density at radius 3 is 2.60 bits per heavy atom. The molecular formula is C32H31N5O3. The lowest BCUT2D eigenvalue weighted by Gasteiger charge is -2.23. The number of aromatic amines is 1. The van der Waals surface area contributed by atoms with E-state index in [1.807, 2.05) is 42.5 Å². The lowest BCUT2D eigenvalue weighted by molar-refractivity contribution is -0.125. The van der Waals surface area contributed by atoms with Gasteiger partial charge in [0.2, 0.25) is 5.91 Å². The number of fused-ring (bicyclic) bond motifs is 1. The molecule has 1 aliphatic rings. The number of amides is 1. The molecule has 1 amide bonds. The molecule has 4 N–H and O–H groups in total. The van der Waals surface area contributed by atoms with Crippen molar-refractivity contribution in [3.05, 3.63) is 101 Å². The summed E-state index contributed by atoms with van der Waals surface area (Å²) in [6, 6.07) is 22.8. The molecule has 0 saturated heterocycles. The summed E-state index contributed by atoms with van der Waals surface area (Å²) >= 11 is 0. The topological polar surface area (TPSA) is 130 Å². The number of allylic oxidation sites excluding steroid dienone is 1. The number of nitrogen functional groups attached to an aromatic ring is 1. The molecule has 3 aromatic carbocycles. The van der Waals surface area contributed by atoms with E-state index in [1.54, 1.807) is 24.4 Å². The predicted molar refractivity (Wildman–Crippen MR) is 157 cm³/mol. The van der Waals surface area contributed by atoms with Crippen LogP contribution in [0, 0.1) is 5.92 Å². The Morgan fingerprint density at radius 2 is 1.80 bits per heavy atom. The summed E-state index contributed by atoms with van der Waals surface area (Å²) < 4.78 is 0. The van der Waals surface area contributed by atoms with Gasteiger partial charge in [-0.15, -0.1) is 0 Å². The average Bonchev–Trinajstić information content (AvgIpc) is 3.33. The molecule has 8 heteroatoms. The Labute approximate surface area is 232 Å². The molecule has 0 bridgehead atoms. The second kappa shape index (κ2) is 11.9. The Morgan fingerprint density at radius 1 is 0.975 bits per heavy atom. The van der Waals surface area contributed by atoms with E-state index in [-0.39, 0.29) is 23.9 Å². The molecule has 40 heavy (non-hydrogen) atoms. The van der Waals surface area contributed by atoms with Crippen molar-refractivity contribution in [1.82, 2.24) is 15.3 Å². The molecule has 0 fully saturated rings. The third kappa shape index (κ3) is 6.23. The van der Waals surface area contributed by atoms with Gasteiger partial charge >= 0.3 is 0 Å². The van der Waals surface area contributed by atoms with Gasteiger partial charge in [0.15, 0.2) is 17.5 Å². The van der Waals surface area contributed by atoms with Gasteiger partial charge in [-0.05, 0) is 66.6 Å². The number of nitrogens with one attached hydrogen (secondary N) is 2. The lowest BCUT2D eigenvalue weighted by Crippen LogP contribution is -2.33. The maximum atomic E-state index is 13.7.